The molecule has 0 aliphatic carbocycles. The van der Waals surface area contributed by atoms with Crippen LogP contribution in [0.25, 0.3) is 0 Å². The summed E-state index contributed by atoms with van der Waals surface area (Å²) in [6, 6.07) is 7.50. The van der Waals surface area contributed by atoms with E-state index >= 15 is 0 Å². The van der Waals surface area contributed by atoms with Crippen molar-refractivity contribution in [2.24, 2.45) is 0 Å². The molecule has 1 fully saturated rings. The van der Waals surface area contributed by atoms with E-state index in [-0.39, 0.29) is 17.7 Å². The van der Waals surface area contributed by atoms with Crippen LogP contribution in [0.5, 0.6) is 5.75 Å². The zero-order chi connectivity index (χ0) is 13.9. The molecule has 1 aliphatic heterocycles. The normalized spacial score (nSPS) is 20.6. The molecule has 2 rings (SSSR count). The molecular formula is C13H18ClNO3S. The van der Waals surface area contributed by atoms with E-state index < -0.39 is 10.0 Å². The van der Waals surface area contributed by atoms with Gasteiger partial charge in [-0.1, -0.05) is 12.1 Å². The summed E-state index contributed by atoms with van der Waals surface area (Å²) in [7, 11) is -1.66. The third kappa shape index (κ3) is 3.22. The highest BCUT2D eigenvalue weighted by molar-refractivity contribution is 7.89. The van der Waals surface area contributed by atoms with Crippen LogP contribution in [0.1, 0.15) is 24.4 Å². The maximum absolute atomic E-state index is 12.2. The Balaban J connectivity index is 2.28. The number of sulfonamides is 1. The van der Waals surface area contributed by atoms with E-state index in [4.69, 9.17) is 16.3 Å². The molecule has 0 aromatic heterocycles. The molecule has 0 radical (unpaired) electrons. The molecule has 1 atom stereocenters. The van der Waals surface area contributed by atoms with E-state index in [9.17, 15) is 8.42 Å². The van der Waals surface area contributed by atoms with Gasteiger partial charge in [-0.3, -0.25) is 0 Å². The average Bonchev–Trinajstić information content (AvgIpc) is 2.89. The molecule has 0 N–H and O–H groups in total. The van der Waals surface area contributed by atoms with Crippen LogP contribution in [0.15, 0.2) is 24.3 Å². The van der Waals surface area contributed by atoms with Gasteiger partial charge in [-0.2, -0.15) is 4.31 Å². The zero-order valence-electron chi connectivity index (χ0n) is 10.9. The molecule has 1 aromatic rings. The van der Waals surface area contributed by atoms with E-state index in [1.807, 2.05) is 24.3 Å². The van der Waals surface area contributed by atoms with Gasteiger partial charge < -0.3 is 4.74 Å². The van der Waals surface area contributed by atoms with Gasteiger partial charge in [-0.25, -0.2) is 8.42 Å². The number of halogens is 1. The Kier molecular flexibility index (Phi) is 4.71. The zero-order valence-corrected chi connectivity index (χ0v) is 12.5. The lowest BCUT2D eigenvalue weighted by Gasteiger charge is -2.24. The molecule has 19 heavy (non-hydrogen) atoms. The molecule has 6 heteroatoms. The fourth-order valence-corrected chi connectivity index (χ4v) is 4.51. The minimum absolute atomic E-state index is 0.00494. The highest BCUT2D eigenvalue weighted by Crippen LogP contribution is 2.35. The molecule has 0 saturated carbocycles. The van der Waals surface area contributed by atoms with Gasteiger partial charge in [0.15, 0.2) is 0 Å². The van der Waals surface area contributed by atoms with Crippen molar-refractivity contribution in [3.63, 3.8) is 0 Å². The number of benzene rings is 1. The van der Waals surface area contributed by atoms with Crippen LogP contribution in [0.3, 0.4) is 0 Å². The fraction of sp³-hybridized carbons (Fsp3) is 0.538. The van der Waals surface area contributed by atoms with Gasteiger partial charge in [0, 0.05) is 18.5 Å². The summed E-state index contributed by atoms with van der Waals surface area (Å²) < 4.78 is 31.1. The van der Waals surface area contributed by atoms with Crippen LogP contribution in [0.4, 0.5) is 0 Å². The molecule has 0 spiro atoms. The second kappa shape index (κ2) is 6.11. The molecule has 1 heterocycles. The van der Waals surface area contributed by atoms with E-state index in [0.29, 0.717) is 6.54 Å². The molecule has 1 aromatic carbocycles. The number of alkyl halides is 1. The number of ether oxygens (including phenoxy) is 1. The minimum atomic E-state index is -3.27. The van der Waals surface area contributed by atoms with Gasteiger partial charge in [0.2, 0.25) is 10.0 Å². The van der Waals surface area contributed by atoms with Crippen LogP contribution in [-0.4, -0.2) is 38.0 Å². The highest BCUT2D eigenvalue weighted by atomic mass is 35.5. The van der Waals surface area contributed by atoms with Gasteiger partial charge in [0.1, 0.15) is 5.75 Å². The minimum Gasteiger partial charge on any atom is -0.497 e. The van der Waals surface area contributed by atoms with E-state index in [1.165, 1.54) is 0 Å². The number of rotatable bonds is 5. The summed E-state index contributed by atoms with van der Waals surface area (Å²) in [5.74, 6) is 0.873. The van der Waals surface area contributed by atoms with E-state index in [2.05, 4.69) is 0 Å². The van der Waals surface area contributed by atoms with Crippen LogP contribution < -0.4 is 4.74 Å². The maximum atomic E-state index is 12.2. The molecule has 1 unspecified atom stereocenters. The number of nitrogens with zero attached hydrogens (tertiary/aromatic N) is 1. The van der Waals surface area contributed by atoms with Crippen molar-refractivity contribution in [2.45, 2.75) is 18.9 Å². The molecule has 1 aliphatic rings. The molecule has 1 saturated heterocycles. The quantitative estimate of drug-likeness (QED) is 0.785. The van der Waals surface area contributed by atoms with Gasteiger partial charge >= 0.3 is 0 Å². The monoisotopic (exact) mass is 303 g/mol. The van der Waals surface area contributed by atoms with Crippen LogP contribution in [-0.2, 0) is 10.0 Å². The predicted molar refractivity (Wildman–Crippen MR) is 76.2 cm³/mol. The Morgan fingerprint density at radius 1 is 1.47 bits per heavy atom. The van der Waals surface area contributed by atoms with Crippen LogP contribution in [0.2, 0.25) is 0 Å². The second-order valence-corrected chi connectivity index (χ2v) is 6.97. The summed E-state index contributed by atoms with van der Waals surface area (Å²) in [4.78, 5) is 0. The summed E-state index contributed by atoms with van der Waals surface area (Å²) in [6.45, 7) is 0.571. The Bertz CT molecular complexity index is 532. The van der Waals surface area contributed by atoms with E-state index in [1.54, 1.807) is 11.4 Å². The topological polar surface area (TPSA) is 46.6 Å². The lowest BCUT2D eigenvalue weighted by atomic mass is 10.1. The Hall–Kier alpha value is -0.780. The van der Waals surface area contributed by atoms with Crippen molar-refractivity contribution in [3.05, 3.63) is 29.8 Å². The number of hydrogen-bond donors (Lipinski definition) is 0. The third-order valence-electron chi connectivity index (χ3n) is 3.37. The molecular weight excluding hydrogens is 286 g/mol. The van der Waals surface area contributed by atoms with Crippen molar-refractivity contribution >= 4 is 21.6 Å². The third-order valence-corrected chi connectivity index (χ3v) is 5.66. The summed E-state index contributed by atoms with van der Waals surface area (Å²) in [6.07, 6.45) is 1.72. The Labute approximate surface area is 119 Å². The summed E-state index contributed by atoms with van der Waals surface area (Å²) in [5.41, 5.74) is 0.981. The van der Waals surface area contributed by atoms with Gasteiger partial charge in [0.25, 0.3) is 0 Å². The molecule has 106 valence electrons. The smallest absolute Gasteiger partial charge is 0.215 e. The standard InChI is InChI=1S/C13H18ClNO3S/c1-18-12-5-2-4-11(10-12)13-6-3-8-15(13)19(16,17)9-7-14/h2,4-5,10,13H,3,6-9H2,1H3. The van der Waals surface area contributed by atoms with E-state index in [0.717, 1.165) is 24.2 Å². The molecule has 0 amide bonds. The van der Waals surface area contributed by atoms with Gasteiger partial charge in [0.05, 0.1) is 12.9 Å². The van der Waals surface area contributed by atoms with Crippen molar-refractivity contribution in [3.8, 4) is 5.75 Å². The first kappa shape index (κ1) is 14.6. The van der Waals surface area contributed by atoms with Gasteiger partial charge in [-0.05, 0) is 30.5 Å². The second-order valence-electron chi connectivity index (χ2n) is 4.55. The van der Waals surface area contributed by atoms with Crippen molar-refractivity contribution < 1.29 is 13.2 Å². The predicted octanol–water partition coefficient (Wildman–Crippen LogP) is 2.40. The largest absolute Gasteiger partial charge is 0.497 e. The lowest BCUT2D eigenvalue weighted by molar-refractivity contribution is 0.391. The average molecular weight is 304 g/mol. The maximum Gasteiger partial charge on any atom is 0.215 e. The molecule has 0 bridgehead atoms. The first-order valence-electron chi connectivity index (χ1n) is 6.28. The summed E-state index contributed by atoms with van der Waals surface area (Å²) in [5, 5.41) is 0. The van der Waals surface area contributed by atoms with Crippen molar-refractivity contribution in [1.82, 2.24) is 4.31 Å². The first-order valence-corrected chi connectivity index (χ1v) is 8.42. The Morgan fingerprint density at radius 3 is 2.95 bits per heavy atom. The fourth-order valence-electron chi connectivity index (χ4n) is 2.47. The number of hydrogen-bond acceptors (Lipinski definition) is 3. The highest BCUT2D eigenvalue weighted by Gasteiger charge is 2.34. The SMILES string of the molecule is COc1cccc(C2CCCN2S(=O)(=O)CCCl)c1. The first-order chi connectivity index (χ1) is 9.08. The van der Waals surface area contributed by atoms with Crippen molar-refractivity contribution in [2.75, 3.05) is 25.3 Å². The summed E-state index contributed by atoms with van der Waals surface area (Å²) >= 11 is 5.58. The van der Waals surface area contributed by atoms with Crippen LogP contribution >= 0.6 is 11.6 Å². The molecule has 4 nitrogen and oxygen atoms in total. The Morgan fingerprint density at radius 2 is 2.26 bits per heavy atom. The lowest BCUT2D eigenvalue weighted by Crippen LogP contribution is -2.33. The van der Waals surface area contributed by atoms with Crippen LogP contribution in [0, 0.1) is 0 Å². The van der Waals surface area contributed by atoms with Crippen molar-refractivity contribution in [1.29, 1.82) is 0 Å². The number of methoxy groups -OCH3 is 1. The van der Waals surface area contributed by atoms with Gasteiger partial charge in [-0.15, -0.1) is 11.6 Å².